The minimum absolute atomic E-state index is 0.724. The van der Waals surface area contributed by atoms with Gasteiger partial charge in [-0.1, -0.05) is 19.1 Å². The molecular weight excluding hydrogens is 166 g/mol. The molecule has 0 N–H and O–H groups in total. The molecule has 0 aromatic carbocycles. The first-order chi connectivity index (χ1) is 5.86. The number of hydrogen-bond acceptors (Lipinski definition) is 2. The van der Waals surface area contributed by atoms with Crippen molar-refractivity contribution in [3.8, 4) is 0 Å². The van der Waals surface area contributed by atoms with Gasteiger partial charge < -0.3 is 0 Å². The lowest BCUT2D eigenvalue weighted by molar-refractivity contribution is 0.955. The Morgan fingerprint density at radius 1 is 1.50 bits per heavy atom. The first kappa shape index (κ1) is 8.11. The van der Waals surface area contributed by atoms with E-state index in [1.165, 1.54) is 23.5 Å². The molecule has 1 fully saturated rings. The second kappa shape index (κ2) is 3.48. The van der Waals surface area contributed by atoms with E-state index in [1.54, 1.807) is 0 Å². The molecule has 12 heavy (non-hydrogen) atoms. The van der Waals surface area contributed by atoms with Crippen molar-refractivity contribution in [1.82, 2.24) is 0 Å². The monoisotopic (exact) mass is 179 g/mol. The van der Waals surface area contributed by atoms with Gasteiger partial charge in [0.2, 0.25) is 0 Å². The zero-order chi connectivity index (χ0) is 8.39. The summed E-state index contributed by atoms with van der Waals surface area (Å²) in [4.78, 5) is 4.43. The molecule has 0 aliphatic carbocycles. The fourth-order valence-corrected chi connectivity index (χ4v) is 2.62. The Kier molecular flexibility index (Phi) is 2.35. The Labute approximate surface area is 77.7 Å². The maximum absolute atomic E-state index is 4.43. The van der Waals surface area contributed by atoms with E-state index in [0.29, 0.717) is 0 Å². The van der Waals surface area contributed by atoms with Crippen molar-refractivity contribution >= 4 is 16.8 Å². The maximum Gasteiger partial charge on any atom is 0.0991 e. The van der Waals surface area contributed by atoms with Crippen molar-refractivity contribution in [1.29, 1.82) is 0 Å². The molecule has 2 heterocycles. The van der Waals surface area contributed by atoms with Crippen LogP contribution < -0.4 is 0 Å². The van der Waals surface area contributed by atoms with E-state index in [2.05, 4.69) is 24.1 Å². The van der Waals surface area contributed by atoms with Crippen LogP contribution >= 0.6 is 11.8 Å². The van der Waals surface area contributed by atoms with Crippen molar-refractivity contribution < 1.29 is 0 Å². The highest BCUT2D eigenvalue weighted by atomic mass is 32.2. The molecular formula is C10H13NS. The fourth-order valence-electron chi connectivity index (χ4n) is 1.54. The Morgan fingerprint density at radius 3 is 3.33 bits per heavy atom. The van der Waals surface area contributed by atoms with Gasteiger partial charge in [-0.3, -0.25) is 4.99 Å². The second-order valence-electron chi connectivity index (χ2n) is 3.26. The number of allylic oxidation sites excluding steroid dienone is 2. The number of nitrogens with zero attached hydrogens (tertiary/aromatic N) is 1. The number of aliphatic imine (C=N–C) groups is 1. The summed E-state index contributed by atoms with van der Waals surface area (Å²) in [6, 6.07) is 0. The second-order valence-corrected chi connectivity index (χ2v) is 4.69. The quantitative estimate of drug-likeness (QED) is 0.556. The normalized spacial score (nSPS) is 39.9. The van der Waals surface area contributed by atoms with Crippen molar-refractivity contribution in [2.75, 3.05) is 0 Å². The molecule has 1 atom stereocenters. The lowest BCUT2D eigenvalue weighted by Gasteiger charge is -1.99. The van der Waals surface area contributed by atoms with E-state index in [0.717, 1.165) is 11.7 Å². The average Bonchev–Trinajstić information content (AvgIpc) is 2.32. The molecule has 0 saturated carbocycles. The van der Waals surface area contributed by atoms with Crippen LogP contribution in [0.2, 0.25) is 0 Å². The number of rotatable bonds is 0. The Bertz CT molecular complexity index is 263. The van der Waals surface area contributed by atoms with Crippen LogP contribution in [0.1, 0.15) is 26.2 Å². The van der Waals surface area contributed by atoms with Crippen LogP contribution in [0.25, 0.3) is 0 Å². The summed E-state index contributed by atoms with van der Waals surface area (Å²) in [6.07, 6.45) is 9.96. The molecule has 1 unspecified atom stereocenters. The number of hydrogen-bond donors (Lipinski definition) is 0. The molecule has 64 valence electrons. The first-order valence-electron chi connectivity index (χ1n) is 4.45. The maximum atomic E-state index is 4.43. The van der Waals surface area contributed by atoms with Gasteiger partial charge in [-0.05, 0) is 24.8 Å². The molecule has 1 nitrogen and oxygen atoms in total. The Balaban J connectivity index is 2.27. The fraction of sp³-hybridized carbons (Fsp3) is 0.500. The number of fused-ring (bicyclic) bond motifs is 1. The van der Waals surface area contributed by atoms with Crippen LogP contribution in [0.4, 0.5) is 0 Å². The summed E-state index contributed by atoms with van der Waals surface area (Å²) in [7, 11) is 0. The predicted molar refractivity (Wildman–Crippen MR) is 55.6 cm³/mol. The lowest BCUT2D eigenvalue weighted by atomic mass is 10.1. The summed E-state index contributed by atoms with van der Waals surface area (Å²) in [5, 5.41) is 1.97. The molecule has 2 heteroatoms. The minimum Gasteiger partial charge on any atom is -0.250 e. The molecule has 0 aromatic rings. The van der Waals surface area contributed by atoms with Gasteiger partial charge in [0.05, 0.1) is 5.04 Å². The molecule has 0 bridgehead atoms. The summed E-state index contributed by atoms with van der Waals surface area (Å²) >= 11 is 1.90. The Morgan fingerprint density at radius 2 is 2.42 bits per heavy atom. The van der Waals surface area contributed by atoms with Gasteiger partial charge in [0.1, 0.15) is 0 Å². The van der Waals surface area contributed by atoms with Crippen LogP contribution in [0.5, 0.6) is 0 Å². The third-order valence-corrected chi connectivity index (χ3v) is 3.28. The van der Waals surface area contributed by atoms with Crippen LogP contribution in [0.15, 0.2) is 28.9 Å². The van der Waals surface area contributed by atoms with Crippen LogP contribution in [0, 0.1) is 0 Å². The molecule has 2 aliphatic rings. The Hall–Kier alpha value is -0.500. The van der Waals surface area contributed by atoms with E-state index in [-0.39, 0.29) is 0 Å². The van der Waals surface area contributed by atoms with Gasteiger partial charge >= 0.3 is 0 Å². The zero-order valence-corrected chi connectivity index (χ0v) is 8.10. The number of thioether (sulfide) groups is 1. The summed E-state index contributed by atoms with van der Waals surface area (Å²) in [6.45, 7) is 2.27. The van der Waals surface area contributed by atoms with Gasteiger partial charge in [0.15, 0.2) is 0 Å². The van der Waals surface area contributed by atoms with Crippen molar-refractivity contribution in [3.05, 3.63) is 23.9 Å². The van der Waals surface area contributed by atoms with Crippen molar-refractivity contribution in [3.63, 3.8) is 0 Å². The van der Waals surface area contributed by atoms with Crippen molar-refractivity contribution in [2.45, 2.75) is 31.4 Å². The van der Waals surface area contributed by atoms with Gasteiger partial charge in [-0.2, -0.15) is 0 Å². The molecule has 0 radical (unpaired) electrons. The van der Waals surface area contributed by atoms with Crippen LogP contribution in [0.3, 0.4) is 0 Å². The summed E-state index contributed by atoms with van der Waals surface area (Å²) < 4.78 is 0. The molecule has 0 spiro atoms. The van der Waals surface area contributed by atoms with Crippen LogP contribution in [-0.2, 0) is 0 Å². The highest BCUT2D eigenvalue weighted by molar-refractivity contribution is 8.15. The van der Waals surface area contributed by atoms with E-state index in [1.807, 2.05) is 18.0 Å². The smallest absolute Gasteiger partial charge is 0.0991 e. The van der Waals surface area contributed by atoms with Gasteiger partial charge in [0.25, 0.3) is 0 Å². The highest BCUT2D eigenvalue weighted by Gasteiger charge is 2.22. The molecule has 2 aliphatic heterocycles. The standard InChI is InChI=1S/C10H13NS/c1-8-7-9-5-3-2-4-6-11-10(9)12-8/h4-6,8H,2-3,7H2,1H3/b6-4+,9-5-,11-10+. The molecule has 0 amide bonds. The van der Waals surface area contributed by atoms with Gasteiger partial charge in [-0.25, -0.2) is 0 Å². The summed E-state index contributed by atoms with van der Waals surface area (Å²) in [5.41, 5.74) is 1.47. The van der Waals surface area contributed by atoms with Crippen molar-refractivity contribution in [2.24, 2.45) is 4.99 Å². The minimum atomic E-state index is 0.724. The highest BCUT2D eigenvalue weighted by Crippen LogP contribution is 2.34. The van der Waals surface area contributed by atoms with Gasteiger partial charge in [0, 0.05) is 11.4 Å². The lowest BCUT2D eigenvalue weighted by Crippen LogP contribution is -1.90. The topological polar surface area (TPSA) is 12.4 Å². The van der Waals surface area contributed by atoms with E-state index < -0.39 is 0 Å². The van der Waals surface area contributed by atoms with Gasteiger partial charge in [-0.15, -0.1) is 11.8 Å². The van der Waals surface area contributed by atoms with Crippen LogP contribution in [-0.4, -0.2) is 10.3 Å². The molecule has 1 saturated heterocycles. The zero-order valence-electron chi connectivity index (χ0n) is 7.29. The average molecular weight is 179 g/mol. The third kappa shape index (κ3) is 1.63. The predicted octanol–water partition coefficient (Wildman–Crippen LogP) is 3.14. The largest absolute Gasteiger partial charge is 0.250 e. The first-order valence-corrected chi connectivity index (χ1v) is 5.33. The van der Waals surface area contributed by atoms with E-state index >= 15 is 0 Å². The molecule has 2 rings (SSSR count). The third-order valence-electron chi connectivity index (χ3n) is 2.12. The van der Waals surface area contributed by atoms with E-state index in [9.17, 15) is 0 Å². The summed E-state index contributed by atoms with van der Waals surface area (Å²) in [5.74, 6) is 0. The SMILES string of the molecule is CC1CC2=C/CC/C=C/N=C\2S1. The van der Waals surface area contributed by atoms with E-state index in [4.69, 9.17) is 0 Å². The molecule has 0 aromatic heterocycles.